The van der Waals surface area contributed by atoms with Gasteiger partial charge in [0.2, 0.25) is 0 Å². The van der Waals surface area contributed by atoms with Crippen LogP contribution in [-0.2, 0) is 0 Å². The van der Waals surface area contributed by atoms with Crippen molar-refractivity contribution in [1.29, 1.82) is 0 Å². The molecule has 19 heavy (non-hydrogen) atoms. The van der Waals surface area contributed by atoms with E-state index >= 15 is 0 Å². The number of hydrogen-bond acceptors (Lipinski definition) is 5. The van der Waals surface area contributed by atoms with Gasteiger partial charge in [0.05, 0.1) is 11.2 Å². The highest BCUT2D eigenvalue weighted by molar-refractivity contribution is 7.80. The number of nitrogens with two attached hydrogens (primary N) is 2. The van der Waals surface area contributed by atoms with Gasteiger partial charge in [-0.15, -0.1) is 10.2 Å². The summed E-state index contributed by atoms with van der Waals surface area (Å²) in [7, 11) is 0. The lowest BCUT2D eigenvalue weighted by Gasteiger charge is -2.09. The lowest BCUT2D eigenvalue weighted by molar-refractivity contribution is 0.0939. The molecule has 98 valence electrons. The Labute approximate surface area is 114 Å². The minimum Gasteiger partial charge on any atom is -0.396 e. The number of rotatable bonds is 1. The van der Waals surface area contributed by atoms with Crippen molar-refractivity contribution in [3.8, 4) is 0 Å². The molecule has 0 aliphatic rings. The standard InChI is InChI=1S/C11H12N6OS/c1-5-2-3-7-6(4-5)8(12)9(15-14-7)10(18)16-17-11(13)19/h2-4H,1H3,(H2,12,14)(H,16,18)(H3,13,17,19). The molecular formula is C11H12N6OS. The van der Waals surface area contributed by atoms with Gasteiger partial charge < -0.3 is 11.5 Å². The smallest absolute Gasteiger partial charge is 0.292 e. The number of hydrogen-bond donors (Lipinski definition) is 4. The minimum absolute atomic E-state index is 0.0156. The molecule has 0 aliphatic heterocycles. The third kappa shape index (κ3) is 2.68. The molecule has 1 amide bonds. The first kappa shape index (κ1) is 13.0. The number of hydrazine groups is 1. The molecule has 7 nitrogen and oxygen atoms in total. The van der Waals surface area contributed by atoms with Crippen LogP contribution in [0.5, 0.6) is 0 Å². The number of thiocarbonyl (C=S) groups is 1. The summed E-state index contributed by atoms with van der Waals surface area (Å²) in [5, 5.41) is 8.37. The quantitative estimate of drug-likeness (QED) is 0.427. The molecule has 0 saturated carbocycles. The highest BCUT2D eigenvalue weighted by Gasteiger charge is 2.15. The number of nitrogens with zero attached hydrogens (tertiary/aromatic N) is 2. The fourth-order valence-electron chi connectivity index (χ4n) is 1.58. The van der Waals surface area contributed by atoms with Crippen molar-refractivity contribution < 1.29 is 4.79 Å². The summed E-state index contributed by atoms with van der Waals surface area (Å²) in [5.41, 5.74) is 17.7. The number of amides is 1. The van der Waals surface area contributed by atoms with E-state index in [-0.39, 0.29) is 16.5 Å². The van der Waals surface area contributed by atoms with Gasteiger partial charge in [0, 0.05) is 5.39 Å². The molecule has 8 heteroatoms. The molecule has 1 heterocycles. The van der Waals surface area contributed by atoms with E-state index in [2.05, 4.69) is 33.3 Å². The molecule has 6 N–H and O–H groups in total. The summed E-state index contributed by atoms with van der Waals surface area (Å²) in [6.07, 6.45) is 0. The molecule has 0 atom stereocenters. The van der Waals surface area contributed by atoms with Crippen molar-refractivity contribution in [2.75, 3.05) is 5.73 Å². The molecule has 1 aromatic heterocycles. The lowest BCUT2D eigenvalue weighted by atomic mass is 10.1. The van der Waals surface area contributed by atoms with Gasteiger partial charge in [-0.1, -0.05) is 11.6 Å². The second-order valence-corrected chi connectivity index (χ2v) is 4.37. The summed E-state index contributed by atoms with van der Waals surface area (Å²) in [5.74, 6) is -0.554. The maximum Gasteiger partial charge on any atom is 0.292 e. The van der Waals surface area contributed by atoms with E-state index in [4.69, 9.17) is 11.5 Å². The van der Waals surface area contributed by atoms with E-state index in [0.717, 1.165) is 5.56 Å². The first-order chi connectivity index (χ1) is 8.99. The van der Waals surface area contributed by atoms with E-state index in [0.29, 0.717) is 10.9 Å². The number of benzene rings is 1. The van der Waals surface area contributed by atoms with E-state index in [9.17, 15) is 4.79 Å². The van der Waals surface area contributed by atoms with Crippen molar-refractivity contribution in [2.24, 2.45) is 5.73 Å². The molecule has 2 aromatic rings. The fourth-order valence-corrected chi connectivity index (χ4v) is 1.63. The molecule has 2 rings (SSSR count). The first-order valence-electron chi connectivity index (χ1n) is 5.37. The van der Waals surface area contributed by atoms with Gasteiger partial charge in [-0.05, 0) is 31.3 Å². The molecule has 1 aromatic carbocycles. The molecule has 0 bridgehead atoms. The average Bonchev–Trinajstić information content (AvgIpc) is 2.37. The van der Waals surface area contributed by atoms with E-state index in [1.807, 2.05) is 19.1 Å². The molecule has 0 aliphatic carbocycles. The minimum atomic E-state index is -0.554. The van der Waals surface area contributed by atoms with Gasteiger partial charge in [0.25, 0.3) is 5.91 Å². The summed E-state index contributed by atoms with van der Waals surface area (Å²) >= 11 is 4.58. The maximum absolute atomic E-state index is 11.8. The molecule has 0 radical (unpaired) electrons. The van der Waals surface area contributed by atoms with Gasteiger partial charge in [-0.2, -0.15) is 0 Å². The second kappa shape index (κ2) is 5.02. The molecule has 0 unspecified atom stereocenters. The number of aromatic nitrogens is 2. The highest BCUT2D eigenvalue weighted by Crippen LogP contribution is 2.22. The van der Waals surface area contributed by atoms with Crippen molar-refractivity contribution in [1.82, 2.24) is 21.0 Å². The van der Waals surface area contributed by atoms with Gasteiger partial charge >= 0.3 is 0 Å². The van der Waals surface area contributed by atoms with Crippen LogP contribution in [0.3, 0.4) is 0 Å². The molecule has 0 fully saturated rings. The lowest BCUT2D eigenvalue weighted by Crippen LogP contribution is -2.44. The van der Waals surface area contributed by atoms with Gasteiger partial charge in [0.15, 0.2) is 10.8 Å². The average molecular weight is 276 g/mol. The van der Waals surface area contributed by atoms with Crippen LogP contribution in [0.15, 0.2) is 18.2 Å². The van der Waals surface area contributed by atoms with Crippen molar-refractivity contribution in [2.45, 2.75) is 6.92 Å². The van der Waals surface area contributed by atoms with Crippen molar-refractivity contribution in [3.05, 3.63) is 29.5 Å². The zero-order chi connectivity index (χ0) is 14.0. The Morgan fingerprint density at radius 3 is 2.74 bits per heavy atom. The Kier molecular flexibility index (Phi) is 3.43. The summed E-state index contributed by atoms with van der Waals surface area (Å²) in [6.45, 7) is 1.92. The Hall–Kier alpha value is -2.48. The predicted molar refractivity (Wildman–Crippen MR) is 76.1 cm³/mol. The van der Waals surface area contributed by atoms with E-state index in [1.165, 1.54) is 0 Å². The van der Waals surface area contributed by atoms with Crippen LogP contribution in [0.1, 0.15) is 16.1 Å². The number of aryl methyl sites for hydroxylation is 1. The third-order valence-corrected chi connectivity index (χ3v) is 2.57. The first-order valence-corrected chi connectivity index (χ1v) is 5.78. The van der Waals surface area contributed by atoms with Crippen LogP contribution in [0.2, 0.25) is 0 Å². The summed E-state index contributed by atoms with van der Waals surface area (Å²) in [4.78, 5) is 11.8. The Morgan fingerprint density at radius 1 is 1.32 bits per heavy atom. The number of carbonyl (C=O) groups is 1. The number of fused-ring (bicyclic) bond motifs is 1. The molecule has 0 saturated heterocycles. The van der Waals surface area contributed by atoms with Crippen molar-refractivity contribution in [3.63, 3.8) is 0 Å². The topological polar surface area (TPSA) is 119 Å². The van der Waals surface area contributed by atoms with Crippen LogP contribution >= 0.6 is 12.2 Å². The van der Waals surface area contributed by atoms with Crippen LogP contribution in [0, 0.1) is 6.92 Å². The Balaban J connectivity index is 2.41. The number of carbonyl (C=O) groups excluding carboxylic acids is 1. The zero-order valence-electron chi connectivity index (χ0n) is 10.1. The molecule has 0 spiro atoms. The van der Waals surface area contributed by atoms with Crippen LogP contribution < -0.4 is 22.3 Å². The Morgan fingerprint density at radius 2 is 2.05 bits per heavy atom. The van der Waals surface area contributed by atoms with Gasteiger partial charge in [-0.3, -0.25) is 15.6 Å². The van der Waals surface area contributed by atoms with E-state index in [1.54, 1.807) is 6.07 Å². The third-order valence-electron chi connectivity index (χ3n) is 2.47. The normalized spacial score (nSPS) is 10.2. The summed E-state index contributed by atoms with van der Waals surface area (Å²) in [6, 6.07) is 5.53. The van der Waals surface area contributed by atoms with Gasteiger partial charge in [0.1, 0.15) is 0 Å². The van der Waals surface area contributed by atoms with Crippen LogP contribution in [0.25, 0.3) is 10.9 Å². The predicted octanol–water partition coefficient (Wildman–Crippen LogP) is -0.00158. The summed E-state index contributed by atoms with van der Waals surface area (Å²) < 4.78 is 0. The largest absolute Gasteiger partial charge is 0.396 e. The monoisotopic (exact) mass is 276 g/mol. The van der Waals surface area contributed by atoms with E-state index < -0.39 is 5.91 Å². The second-order valence-electron chi connectivity index (χ2n) is 3.93. The number of nitrogen functional groups attached to an aromatic ring is 1. The van der Waals surface area contributed by atoms with Gasteiger partial charge in [-0.25, -0.2) is 0 Å². The Bertz CT molecular complexity index is 672. The SMILES string of the molecule is Cc1ccc2nnc(C(=O)NNC(N)=S)c(N)c2c1. The van der Waals surface area contributed by atoms with Crippen LogP contribution in [-0.4, -0.2) is 21.2 Å². The number of anilines is 1. The maximum atomic E-state index is 11.8. The zero-order valence-corrected chi connectivity index (χ0v) is 10.9. The van der Waals surface area contributed by atoms with Crippen LogP contribution in [0.4, 0.5) is 5.69 Å². The fraction of sp³-hybridized carbons (Fsp3) is 0.0909. The highest BCUT2D eigenvalue weighted by atomic mass is 32.1. The van der Waals surface area contributed by atoms with Crippen molar-refractivity contribution >= 4 is 39.8 Å². The molecular weight excluding hydrogens is 264 g/mol. The number of nitrogens with one attached hydrogen (secondary N) is 2.